The molecule has 0 aromatic heterocycles. The third kappa shape index (κ3) is 2.30. The van der Waals surface area contributed by atoms with E-state index in [9.17, 15) is 12.9 Å². The molecule has 0 unspecified atom stereocenters. The van der Waals surface area contributed by atoms with Crippen molar-refractivity contribution in [2.45, 2.75) is 0 Å². The van der Waals surface area contributed by atoms with E-state index in [-0.39, 0.29) is 0 Å². The van der Waals surface area contributed by atoms with Crippen LogP contribution in [0.2, 0.25) is 0 Å². The van der Waals surface area contributed by atoms with E-state index < -0.39 is 10.1 Å². The maximum atomic E-state index is 10.6. The van der Waals surface area contributed by atoms with E-state index in [4.69, 9.17) is 0 Å². The highest BCUT2D eigenvalue weighted by molar-refractivity contribution is 7.89. The molecule has 0 aliphatic rings. The highest BCUT2D eigenvalue weighted by Crippen LogP contribution is 1.90. The molecule has 0 aliphatic heterocycles. The monoisotopic (exact) mass is 126 g/mol. The summed E-state index contributed by atoms with van der Waals surface area (Å²) in [7, 11) is -4.06. The van der Waals surface area contributed by atoms with Gasteiger partial charge < -0.3 is 0 Å². The van der Waals surface area contributed by atoms with Crippen LogP contribution >= 0.6 is 0 Å². The summed E-state index contributed by atoms with van der Waals surface area (Å²) in [5, 5.41) is 0.368. The van der Waals surface area contributed by atoms with Crippen molar-refractivity contribution in [3.63, 3.8) is 0 Å². The van der Waals surface area contributed by atoms with Gasteiger partial charge in [-0.3, -0.25) is 0 Å². The molecule has 5 heteroatoms. The molecule has 0 aromatic carbocycles. The van der Waals surface area contributed by atoms with Crippen molar-refractivity contribution >= 4 is 10.1 Å². The minimum absolute atomic E-state index is 0.368. The third-order valence-electron chi connectivity index (χ3n) is 0.292. The molecule has 0 rings (SSSR count). The zero-order valence-corrected chi connectivity index (χ0v) is 4.11. The summed E-state index contributed by atoms with van der Waals surface area (Å²) in [4.78, 5) is 0. The van der Waals surface area contributed by atoms with Crippen LogP contribution in [0.3, 0.4) is 0 Å². The highest BCUT2D eigenvalue weighted by Gasteiger charge is 2.00. The second kappa shape index (κ2) is 2.04. The van der Waals surface area contributed by atoms with Crippen LogP contribution < -0.4 is 0 Å². The van der Waals surface area contributed by atoms with Crippen molar-refractivity contribution in [2.75, 3.05) is 0 Å². The van der Waals surface area contributed by atoms with Gasteiger partial charge in [0, 0.05) is 0 Å². The lowest BCUT2D eigenvalue weighted by Crippen LogP contribution is -1.90. The van der Waals surface area contributed by atoms with Crippen LogP contribution in [0.15, 0.2) is 12.0 Å². The lowest BCUT2D eigenvalue weighted by Gasteiger charge is -1.80. The number of hydrogen-bond donors (Lipinski definition) is 0. The van der Waals surface area contributed by atoms with Crippen molar-refractivity contribution < 1.29 is 17.3 Å². The summed E-state index contributed by atoms with van der Waals surface area (Å²) in [6.07, 6.45) is 0. The van der Waals surface area contributed by atoms with Crippen molar-refractivity contribution in [2.24, 2.45) is 0 Å². The quantitative estimate of drug-likeness (QED) is 0.536. The van der Waals surface area contributed by atoms with Gasteiger partial charge in [-0.05, 0) is 4.53 Å². The van der Waals surface area contributed by atoms with Crippen molar-refractivity contribution in [1.82, 2.24) is 0 Å². The van der Waals surface area contributed by atoms with E-state index in [2.05, 4.69) is 11.0 Å². The third-order valence-corrected chi connectivity index (χ3v) is 0.876. The Bertz CT molecular complexity index is 146. The largest absolute Gasteiger partial charge is 0.319 e. The number of rotatable bonds is 2. The summed E-state index contributed by atoms with van der Waals surface area (Å²) in [6, 6.07) is 0. The van der Waals surface area contributed by atoms with Crippen LogP contribution in [0, 0.1) is 0 Å². The topological polar surface area (TPSA) is 43.4 Å². The van der Waals surface area contributed by atoms with E-state index in [1.807, 2.05) is 0 Å². The number of hydrogen-bond acceptors (Lipinski definition) is 3. The Morgan fingerprint density at radius 2 is 2.14 bits per heavy atom. The lowest BCUT2D eigenvalue weighted by atomic mass is 11.3. The number of halogens is 1. The molecule has 0 aliphatic carbocycles. The van der Waals surface area contributed by atoms with E-state index >= 15 is 0 Å². The smallest absolute Gasteiger partial charge is 0.192 e. The first kappa shape index (κ1) is 6.58. The van der Waals surface area contributed by atoms with Crippen molar-refractivity contribution in [3.8, 4) is 0 Å². The Morgan fingerprint density at radius 3 is 2.14 bits per heavy atom. The van der Waals surface area contributed by atoms with Gasteiger partial charge in [0.25, 0.3) is 0 Å². The average molecular weight is 126 g/mol. The van der Waals surface area contributed by atoms with Crippen LogP contribution in [-0.4, -0.2) is 8.42 Å². The minimum atomic E-state index is -4.06. The predicted octanol–water partition coefficient (Wildman–Crippen LogP) is 0.361. The van der Waals surface area contributed by atoms with Gasteiger partial charge in [-0.2, -0.15) is 8.42 Å². The Kier molecular flexibility index (Phi) is 1.91. The fourth-order valence-corrected chi connectivity index (χ4v) is 0.0772. The zero-order chi connectivity index (χ0) is 5.91. The summed E-state index contributed by atoms with van der Waals surface area (Å²) in [5.41, 5.74) is 0. The molecule has 0 aromatic rings. The molecule has 0 heterocycles. The first-order valence-corrected chi connectivity index (χ1v) is 2.77. The Hall–Kier alpha value is -0.420. The first-order chi connectivity index (χ1) is 3.12. The molecular weight excluding hydrogens is 123 g/mol. The maximum Gasteiger partial charge on any atom is 0.319 e. The molecular formula is C2H3FO3S. The molecule has 0 amide bonds. The SMILES string of the molecule is C=CS(=O)(=O)OF. The van der Waals surface area contributed by atoms with Gasteiger partial charge in [0.1, 0.15) is 0 Å². The molecule has 0 fully saturated rings. The zero-order valence-electron chi connectivity index (χ0n) is 3.30. The molecule has 0 N–H and O–H groups in total. The summed E-state index contributed by atoms with van der Waals surface area (Å²) in [5.74, 6) is 0. The Balaban J connectivity index is 4.17. The van der Waals surface area contributed by atoms with Gasteiger partial charge in [-0.25, -0.2) is 0 Å². The minimum Gasteiger partial charge on any atom is -0.192 e. The Morgan fingerprint density at radius 1 is 1.71 bits per heavy atom. The second-order valence-corrected chi connectivity index (χ2v) is 2.17. The van der Waals surface area contributed by atoms with E-state index in [1.165, 1.54) is 0 Å². The van der Waals surface area contributed by atoms with Crippen LogP contribution in [0.1, 0.15) is 0 Å². The Labute approximate surface area is 40.4 Å². The second-order valence-electron chi connectivity index (χ2n) is 0.722. The van der Waals surface area contributed by atoms with Crippen molar-refractivity contribution in [1.29, 1.82) is 0 Å². The van der Waals surface area contributed by atoms with Gasteiger partial charge in [-0.15, -0.1) is 0 Å². The van der Waals surface area contributed by atoms with Crippen LogP contribution in [0.5, 0.6) is 0 Å². The molecule has 0 atom stereocenters. The average Bonchev–Trinajstić information content (AvgIpc) is 1.68. The summed E-state index contributed by atoms with van der Waals surface area (Å²) >= 11 is 0. The highest BCUT2D eigenvalue weighted by atomic mass is 32.2. The van der Waals surface area contributed by atoms with Gasteiger partial charge in [-0.1, -0.05) is 11.0 Å². The van der Waals surface area contributed by atoms with Crippen LogP contribution in [0.4, 0.5) is 4.53 Å². The fourth-order valence-electron chi connectivity index (χ4n) is 0.0257. The maximum absolute atomic E-state index is 10.6. The predicted molar refractivity (Wildman–Crippen MR) is 21.3 cm³/mol. The summed E-state index contributed by atoms with van der Waals surface area (Å²) < 4.78 is 32.4. The van der Waals surface area contributed by atoms with E-state index in [0.717, 1.165) is 0 Å². The molecule has 0 saturated carbocycles. The van der Waals surface area contributed by atoms with Crippen LogP contribution in [0.25, 0.3) is 0 Å². The molecule has 0 bridgehead atoms. The van der Waals surface area contributed by atoms with Crippen LogP contribution in [-0.2, 0) is 14.5 Å². The van der Waals surface area contributed by atoms with Gasteiger partial charge in [0.2, 0.25) is 0 Å². The van der Waals surface area contributed by atoms with Crippen molar-refractivity contribution in [3.05, 3.63) is 12.0 Å². The first-order valence-electron chi connectivity index (χ1n) is 1.30. The molecule has 0 spiro atoms. The van der Waals surface area contributed by atoms with Gasteiger partial charge >= 0.3 is 10.1 Å². The molecule has 42 valence electrons. The molecule has 7 heavy (non-hydrogen) atoms. The molecule has 0 saturated heterocycles. The van der Waals surface area contributed by atoms with Gasteiger partial charge in [0.05, 0.1) is 5.41 Å². The normalized spacial score (nSPS) is 11.0. The standard InChI is InChI=1S/C2H3FO3S/c1-2-7(4,5)6-3/h2H,1H2. The molecule has 3 nitrogen and oxygen atoms in total. The lowest BCUT2D eigenvalue weighted by molar-refractivity contribution is 0.00525. The fraction of sp³-hybridized carbons (Fsp3) is 0. The van der Waals surface area contributed by atoms with E-state index in [0.29, 0.717) is 5.41 Å². The summed E-state index contributed by atoms with van der Waals surface area (Å²) in [6.45, 7) is 2.75. The van der Waals surface area contributed by atoms with E-state index in [1.54, 1.807) is 0 Å². The van der Waals surface area contributed by atoms with Gasteiger partial charge in [0.15, 0.2) is 0 Å². The molecule has 0 radical (unpaired) electrons.